The second-order valence-corrected chi connectivity index (χ2v) is 2.39. The molecule has 0 N–H and O–H groups in total. The topological polar surface area (TPSA) is 20.3 Å². The first-order chi connectivity index (χ1) is 3.72. The molecule has 0 atom stereocenters. The predicted octanol–water partition coefficient (Wildman–Crippen LogP) is 1.72. The van der Waals surface area contributed by atoms with Crippen molar-refractivity contribution in [2.75, 3.05) is 0 Å². The first kappa shape index (κ1) is 7.94. The lowest BCUT2D eigenvalue weighted by molar-refractivity contribution is -0.112. The molecule has 0 spiro atoms. The minimum absolute atomic E-state index is 0.774. The van der Waals surface area contributed by atoms with Crippen molar-refractivity contribution in [3.05, 3.63) is 11.8 Å². The van der Waals surface area contributed by atoms with Crippen LogP contribution in [0, 0.1) is 0 Å². The average molecular weight is 225 g/mol. The Morgan fingerprint density at radius 2 is 2.25 bits per heavy atom. The summed E-state index contributed by atoms with van der Waals surface area (Å²) >= 11 is 1.93. The number of hydrogen-bond donors (Lipinski definition) is 0. The highest BCUT2D eigenvalue weighted by atomic mass is 127. The molecule has 0 bridgehead atoms. The number of allylic oxidation sites excluding steroid dienone is 2. The van der Waals surface area contributed by atoms with Gasteiger partial charge in [0.05, 0.1) is 22.9 Å². The summed E-state index contributed by atoms with van der Waals surface area (Å²) in [5.41, 5.74) is 0.959. The van der Waals surface area contributed by atoms with E-state index >= 15 is 0 Å². The van der Waals surface area contributed by atoms with Crippen LogP contribution in [0.4, 0.5) is 0 Å². The molecule has 0 saturated heterocycles. The van der Waals surface area contributed by atoms with Gasteiger partial charge in [-0.3, -0.25) is 7.91 Å². The van der Waals surface area contributed by atoms with Crippen LogP contribution in [0.15, 0.2) is 11.8 Å². The van der Waals surface area contributed by atoms with E-state index in [2.05, 4.69) is 0 Å². The molecular weight excluding hydrogens is 217 g/mol. The number of carbonyl (C=O) groups is 1. The van der Waals surface area contributed by atoms with E-state index in [9.17, 15) is 4.79 Å². The third-order valence-electron chi connectivity index (χ3n) is 0.847. The fourth-order valence-electron chi connectivity index (χ4n) is 0.206. The first-order valence-electron chi connectivity index (χ1n) is 2.25. The van der Waals surface area contributed by atoms with E-state index in [0.29, 0.717) is 0 Å². The maximum atomic E-state index is 9.98. The molecule has 46 valence electrons. The highest BCUT2D eigenvalue weighted by Gasteiger charge is 1.92. The molecule has 2 nitrogen and oxygen atoms in total. The normalized spacial score (nSPS) is 11.1. The molecule has 0 fully saturated rings. The lowest BCUT2D eigenvalue weighted by Gasteiger charge is -2.04. The van der Waals surface area contributed by atoms with Crippen LogP contribution in [0.2, 0.25) is 0 Å². The van der Waals surface area contributed by atoms with Gasteiger partial charge in [-0.2, -0.15) is 0 Å². The van der Waals surface area contributed by atoms with Gasteiger partial charge in [-0.15, -0.1) is 0 Å². The third-order valence-corrected chi connectivity index (χ3v) is 1.84. The Balaban J connectivity index is 3.81. The molecule has 0 saturated carbocycles. The zero-order valence-electron chi connectivity index (χ0n) is 4.89. The minimum Gasteiger partial charge on any atom is -0.278 e. The Morgan fingerprint density at radius 3 is 2.38 bits per heavy atom. The van der Waals surface area contributed by atoms with Gasteiger partial charge in [-0.25, -0.2) is 0 Å². The molecule has 0 aliphatic rings. The predicted molar refractivity (Wildman–Crippen MR) is 41.4 cm³/mol. The molecule has 0 aliphatic carbocycles. The van der Waals surface area contributed by atoms with Gasteiger partial charge in [0.25, 0.3) is 0 Å². The Labute approximate surface area is 63.0 Å². The van der Waals surface area contributed by atoms with Gasteiger partial charge in [-0.1, -0.05) is 6.08 Å². The molecule has 0 aliphatic heterocycles. The third kappa shape index (κ3) is 2.30. The van der Waals surface area contributed by atoms with Crippen molar-refractivity contribution in [1.82, 2.24) is 3.11 Å². The summed E-state index contributed by atoms with van der Waals surface area (Å²) in [6.07, 6.45) is 2.65. The standard InChI is InChI=1S/C5H8INO/c1-3-5(2)7(6)4-8/h3-4H,1-2H3/b5-3-. The number of nitrogens with zero attached hydrogens (tertiary/aromatic N) is 1. The van der Waals surface area contributed by atoms with E-state index < -0.39 is 0 Å². The van der Waals surface area contributed by atoms with Crippen molar-refractivity contribution in [3.8, 4) is 0 Å². The molecule has 0 aromatic rings. The van der Waals surface area contributed by atoms with E-state index in [4.69, 9.17) is 0 Å². The first-order valence-corrected chi connectivity index (χ1v) is 3.22. The summed E-state index contributed by atoms with van der Waals surface area (Å²) in [6, 6.07) is 0. The molecule has 8 heavy (non-hydrogen) atoms. The smallest absolute Gasteiger partial charge is 0.222 e. The summed E-state index contributed by atoms with van der Waals surface area (Å²) in [6.45, 7) is 3.77. The van der Waals surface area contributed by atoms with E-state index in [1.165, 1.54) is 3.11 Å². The Bertz CT molecular complexity index is 111. The average Bonchev–Trinajstić information content (AvgIpc) is 1.84. The second-order valence-electron chi connectivity index (χ2n) is 1.35. The fourth-order valence-corrected chi connectivity index (χ4v) is 0.485. The number of amides is 1. The quantitative estimate of drug-likeness (QED) is 0.398. The summed E-state index contributed by atoms with van der Waals surface area (Å²) < 4.78 is 1.50. The van der Waals surface area contributed by atoms with Gasteiger partial charge < -0.3 is 0 Å². The van der Waals surface area contributed by atoms with Gasteiger partial charge in [0.2, 0.25) is 6.41 Å². The highest BCUT2D eigenvalue weighted by Crippen LogP contribution is 2.04. The number of halogens is 1. The van der Waals surface area contributed by atoms with Crippen LogP contribution < -0.4 is 0 Å². The van der Waals surface area contributed by atoms with Crippen molar-refractivity contribution in [3.63, 3.8) is 0 Å². The van der Waals surface area contributed by atoms with Crippen molar-refractivity contribution >= 4 is 29.3 Å². The Hall–Kier alpha value is -0.0600. The molecule has 0 radical (unpaired) electrons. The molecule has 0 heterocycles. The monoisotopic (exact) mass is 225 g/mol. The zero-order valence-corrected chi connectivity index (χ0v) is 7.05. The van der Waals surface area contributed by atoms with Gasteiger partial charge in [-0.05, 0) is 13.8 Å². The highest BCUT2D eigenvalue weighted by molar-refractivity contribution is 14.1. The molecular formula is C5H8INO. The Kier molecular flexibility index (Phi) is 3.85. The van der Waals surface area contributed by atoms with Crippen LogP contribution in [-0.4, -0.2) is 9.52 Å². The second kappa shape index (κ2) is 3.88. The van der Waals surface area contributed by atoms with Gasteiger partial charge >= 0.3 is 0 Å². The lowest BCUT2D eigenvalue weighted by atomic mass is 10.5. The summed E-state index contributed by atoms with van der Waals surface area (Å²) in [5, 5.41) is 0. The van der Waals surface area contributed by atoms with Crippen molar-refractivity contribution in [2.45, 2.75) is 13.8 Å². The SMILES string of the molecule is C/C=C(/C)N(I)C=O. The fraction of sp³-hybridized carbons (Fsp3) is 0.400. The van der Waals surface area contributed by atoms with E-state index in [-0.39, 0.29) is 0 Å². The molecule has 0 aromatic carbocycles. The van der Waals surface area contributed by atoms with Crippen molar-refractivity contribution in [2.24, 2.45) is 0 Å². The van der Waals surface area contributed by atoms with E-state index in [1.54, 1.807) is 0 Å². The number of hydrogen-bond acceptors (Lipinski definition) is 1. The molecule has 1 amide bonds. The van der Waals surface area contributed by atoms with Crippen molar-refractivity contribution < 1.29 is 4.79 Å². The van der Waals surface area contributed by atoms with Gasteiger partial charge in [0.1, 0.15) is 0 Å². The van der Waals surface area contributed by atoms with Crippen LogP contribution in [0.5, 0.6) is 0 Å². The lowest BCUT2D eigenvalue weighted by Crippen LogP contribution is -2.03. The Morgan fingerprint density at radius 1 is 1.75 bits per heavy atom. The largest absolute Gasteiger partial charge is 0.278 e. The minimum atomic E-state index is 0.774. The number of rotatable bonds is 2. The van der Waals surface area contributed by atoms with E-state index in [1.807, 2.05) is 42.8 Å². The molecule has 0 aromatic heterocycles. The number of carbonyl (C=O) groups excluding carboxylic acids is 1. The van der Waals surface area contributed by atoms with Crippen LogP contribution in [-0.2, 0) is 4.79 Å². The van der Waals surface area contributed by atoms with Crippen LogP contribution in [0.3, 0.4) is 0 Å². The summed E-state index contributed by atoms with van der Waals surface area (Å²) in [7, 11) is 0. The molecule has 0 rings (SSSR count). The van der Waals surface area contributed by atoms with Crippen LogP contribution in [0.1, 0.15) is 13.8 Å². The van der Waals surface area contributed by atoms with Gasteiger partial charge in [0, 0.05) is 5.70 Å². The summed E-state index contributed by atoms with van der Waals surface area (Å²) in [5.74, 6) is 0. The zero-order chi connectivity index (χ0) is 6.57. The van der Waals surface area contributed by atoms with Crippen molar-refractivity contribution in [1.29, 1.82) is 0 Å². The summed E-state index contributed by atoms with van der Waals surface area (Å²) in [4.78, 5) is 9.98. The van der Waals surface area contributed by atoms with Crippen LogP contribution >= 0.6 is 22.9 Å². The maximum Gasteiger partial charge on any atom is 0.222 e. The van der Waals surface area contributed by atoms with E-state index in [0.717, 1.165) is 12.1 Å². The van der Waals surface area contributed by atoms with Crippen LogP contribution in [0.25, 0.3) is 0 Å². The van der Waals surface area contributed by atoms with Gasteiger partial charge in [0.15, 0.2) is 0 Å². The molecule has 3 heteroatoms. The molecule has 0 unspecified atom stereocenters. The maximum absolute atomic E-state index is 9.98.